The smallest absolute Gasteiger partial charge is 0.440 e. The fourth-order valence-corrected chi connectivity index (χ4v) is 5.19. The molecule has 5 aromatic rings. The quantitative estimate of drug-likeness (QED) is 0.218. The standard InChI is InChI=1S/C29H24F3N3O4S/c1-17-16-35(18(2)33-17)26-12-11-21(20-7-6-10-24(14-20)40(4,36)37)15-25(26)27-28(38-19(3)34-27)22-8-5-9-23(13-22)39-29(30,31)32/h5-16H,1-4H3. The Morgan fingerprint density at radius 2 is 1.57 bits per heavy atom. The first-order valence-corrected chi connectivity index (χ1v) is 14.0. The highest BCUT2D eigenvalue weighted by Gasteiger charge is 2.31. The molecule has 0 aliphatic rings. The summed E-state index contributed by atoms with van der Waals surface area (Å²) in [6.07, 6.45) is -1.84. The summed E-state index contributed by atoms with van der Waals surface area (Å²) in [5.74, 6) is 0.884. The van der Waals surface area contributed by atoms with Crippen molar-refractivity contribution in [3.8, 4) is 45.1 Å². The van der Waals surface area contributed by atoms with E-state index in [9.17, 15) is 21.6 Å². The first kappa shape index (κ1) is 27.2. The molecule has 0 atom stereocenters. The lowest BCUT2D eigenvalue weighted by Gasteiger charge is -2.14. The molecule has 0 N–H and O–H groups in total. The number of aromatic nitrogens is 3. The number of nitrogens with zero attached hydrogens (tertiary/aromatic N) is 3. The Hall–Kier alpha value is -4.38. The summed E-state index contributed by atoms with van der Waals surface area (Å²) in [5, 5.41) is 0. The lowest BCUT2D eigenvalue weighted by molar-refractivity contribution is -0.274. The molecule has 7 nitrogen and oxygen atoms in total. The highest BCUT2D eigenvalue weighted by molar-refractivity contribution is 7.90. The highest BCUT2D eigenvalue weighted by Crippen LogP contribution is 2.40. The summed E-state index contributed by atoms with van der Waals surface area (Å²) in [4.78, 5) is 9.30. The molecule has 2 aromatic heterocycles. The minimum absolute atomic E-state index is 0.177. The third kappa shape index (κ3) is 5.64. The monoisotopic (exact) mass is 567 g/mol. The van der Waals surface area contributed by atoms with Crippen molar-refractivity contribution in [2.24, 2.45) is 0 Å². The lowest BCUT2D eigenvalue weighted by Crippen LogP contribution is -2.17. The fourth-order valence-electron chi connectivity index (χ4n) is 4.52. The maximum atomic E-state index is 12.9. The minimum atomic E-state index is -4.85. The van der Waals surface area contributed by atoms with Gasteiger partial charge < -0.3 is 13.7 Å². The predicted octanol–water partition coefficient (Wildman–Crippen LogP) is 7.09. The van der Waals surface area contributed by atoms with Gasteiger partial charge in [-0.05, 0) is 61.4 Å². The number of aryl methyl sites for hydroxylation is 3. The highest BCUT2D eigenvalue weighted by atomic mass is 32.2. The van der Waals surface area contributed by atoms with Crippen molar-refractivity contribution in [2.75, 3.05) is 6.26 Å². The Morgan fingerprint density at radius 3 is 2.25 bits per heavy atom. The SMILES string of the molecule is Cc1cn(-c2ccc(-c3cccc(S(C)(=O)=O)c3)cc2-c2nc(C)oc2-c2cccc(OC(F)(F)F)c2)c(C)n1. The number of oxazole rings is 1. The van der Waals surface area contributed by atoms with Crippen LogP contribution in [0.5, 0.6) is 5.75 Å². The molecular formula is C29H24F3N3O4S. The summed E-state index contributed by atoms with van der Waals surface area (Å²) in [6.45, 7) is 5.37. The molecule has 0 aliphatic heterocycles. The van der Waals surface area contributed by atoms with Crippen LogP contribution in [-0.2, 0) is 9.84 Å². The van der Waals surface area contributed by atoms with Crippen molar-refractivity contribution in [1.29, 1.82) is 0 Å². The van der Waals surface area contributed by atoms with Gasteiger partial charge in [0.05, 0.1) is 16.3 Å². The molecule has 0 amide bonds. The molecule has 0 aliphatic carbocycles. The molecule has 3 aromatic carbocycles. The van der Waals surface area contributed by atoms with Crippen molar-refractivity contribution in [1.82, 2.24) is 14.5 Å². The Morgan fingerprint density at radius 1 is 0.875 bits per heavy atom. The van der Waals surface area contributed by atoms with Crippen LogP contribution in [0.4, 0.5) is 13.2 Å². The number of hydrogen-bond acceptors (Lipinski definition) is 6. The van der Waals surface area contributed by atoms with Crippen molar-refractivity contribution in [2.45, 2.75) is 32.0 Å². The second-order valence-electron chi connectivity index (χ2n) is 9.32. The first-order chi connectivity index (χ1) is 18.8. The number of alkyl halides is 3. The van der Waals surface area contributed by atoms with Gasteiger partial charge >= 0.3 is 6.36 Å². The topological polar surface area (TPSA) is 87.2 Å². The molecule has 0 saturated carbocycles. The molecule has 0 spiro atoms. The Labute approximate surface area is 228 Å². The number of hydrogen-bond donors (Lipinski definition) is 0. The van der Waals surface area contributed by atoms with Gasteiger partial charge in [0.2, 0.25) is 0 Å². The van der Waals surface area contributed by atoms with E-state index < -0.39 is 21.9 Å². The van der Waals surface area contributed by atoms with E-state index in [2.05, 4.69) is 14.7 Å². The van der Waals surface area contributed by atoms with E-state index in [0.717, 1.165) is 11.9 Å². The predicted molar refractivity (Wildman–Crippen MR) is 144 cm³/mol. The summed E-state index contributed by atoms with van der Waals surface area (Å²) in [7, 11) is -3.44. The number of ether oxygens (including phenoxy) is 1. The average Bonchev–Trinajstić information content (AvgIpc) is 3.43. The van der Waals surface area contributed by atoms with Crippen LogP contribution in [0.1, 0.15) is 17.4 Å². The third-order valence-electron chi connectivity index (χ3n) is 6.17. The summed E-state index contributed by atoms with van der Waals surface area (Å²) >= 11 is 0. The summed E-state index contributed by atoms with van der Waals surface area (Å²) in [5.41, 5.74) is 4.21. The second-order valence-corrected chi connectivity index (χ2v) is 11.3. The van der Waals surface area contributed by atoms with Crippen LogP contribution < -0.4 is 4.74 Å². The Balaban J connectivity index is 1.73. The van der Waals surface area contributed by atoms with E-state index in [4.69, 9.17) is 4.42 Å². The largest absolute Gasteiger partial charge is 0.573 e. The van der Waals surface area contributed by atoms with Crippen LogP contribution in [0, 0.1) is 20.8 Å². The molecule has 5 rings (SSSR count). The van der Waals surface area contributed by atoms with Gasteiger partial charge in [0.1, 0.15) is 17.3 Å². The zero-order valence-corrected chi connectivity index (χ0v) is 22.8. The minimum Gasteiger partial charge on any atom is -0.440 e. The number of rotatable bonds is 6. The second kappa shape index (κ2) is 9.98. The van der Waals surface area contributed by atoms with E-state index >= 15 is 0 Å². The van der Waals surface area contributed by atoms with Gasteiger partial charge in [-0.1, -0.05) is 30.3 Å². The van der Waals surface area contributed by atoms with Crippen molar-refractivity contribution >= 4 is 9.84 Å². The molecule has 206 valence electrons. The summed E-state index contributed by atoms with van der Waals surface area (Å²) < 4.78 is 75.0. The first-order valence-electron chi connectivity index (χ1n) is 12.1. The van der Waals surface area contributed by atoms with E-state index in [-0.39, 0.29) is 10.7 Å². The van der Waals surface area contributed by atoms with Crippen molar-refractivity contribution in [3.63, 3.8) is 0 Å². The van der Waals surface area contributed by atoms with Gasteiger partial charge in [-0.2, -0.15) is 0 Å². The normalized spacial score (nSPS) is 12.1. The molecule has 2 heterocycles. The summed E-state index contributed by atoms with van der Waals surface area (Å²) in [6, 6.07) is 17.7. The van der Waals surface area contributed by atoms with Crippen LogP contribution in [0.25, 0.3) is 39.4 Å². The van der Waals surface area contributed by atoms with E-state index in [1.54, 1.807) is 31.2 Å². The molecule has 11 heteroatoms. The Bertz CT molecular complexity index is 1840. The Kier molecular flexibility index (Phi) is 6.79. The van der Waals surface area contributed by atoms with Gasteiger partial charge in [0.15, 0.2) is 21.5 Å². The van der Waals surface area contributed by atoms with Crippen LogP contribution in [0.3, 0.4) is 0 Å². The molecule has 40 heavy (non-hydrogen) atoms. The molecule has 0 radical (unpaired) electrons. The van der Waals surface area contributed by atoms with E-state index in [0.29, 0.717) is 45.4 Å². The maximum absolute atomic E-state index is 12.9. The average molecular weight is 568 g/mol. The zero-order valence-electron chi connectivity index (χ0n) is 21.9. The van der Waals surface area contributed by atoms with E-state index in [1.807, 2.05) is 42.8 Å². The van der Waals surface area contributed by atoms with Gasteiger partial charge in [0, 0.05) is 30.5 Å². The maximum Gasteiger partial charge on any atom is 0.573 e. The van der Waals surface area contributed by atoms with Gasteiger partial charge in [-0.25, -0.2) is 18.4 Å². The van der Waals surface area contributed by atoms with Gasteiger partial charge in [0.25, 0.3) is 0 Å². The molecule has 0 fully saturated rings. The molecule has 0 bridgehead atoms. The van der Waals surface area contributed by atoms with E-state index in [1.165, 1.54) is 24.3 Å². The molecular weight excluding hydrogens is 543 g/mol. The molecule has 0 saturated heterocycles. The number of halogens is 3. The molecule has 0 unspecified atom stereocenters. The van der Waals surface area contributed by atoms with Crippen molar-refractivity contribution < 1.29 is 30.7 Å². The van der Waals surface area contributed by atoms with Gasteiger partial charge in [-0.15, -0.1) is 13.2 Å². The third-order valence-corrected chi connectivity index (χ3v) is 7.28. The number of sulfone groups is 1. The van der Waals surface area contributed by atoms with Crippen LogP contribution in [-0.4, -0.2) is 35.6 Å². The fraction of sp³-hybridized carbons (Fsp3) is 0.172. The van der Waals surface area contributed by atoms with Crippen LogP contribution in [0.15, 0.2) is 82.2 Å². The van der Waals surface area contributed by atoms with Gasteiger partial charge in [-0.3, -0.25) is 0 Å². The number of benzene rings is 3. The zero-order chi connectivity index (χ0) is 28.8. The lowest BCUT2D eigenvalue weighted by atomic mass is 9.98. The van der Waals surface area contributed by atoms with Crippen LogP contribution >= 0.6 is 0 Å². The van der Waals surface area contributed by atoms with Crippen LogP contribution in [0.2, 0.25) is 0 Å². The van der Waals surface area contributed by atoms with Crippen molar-refractivity contribution in [3.05, 3.63) is 90.3 Å². The number of imidazole rings is 1.